The Labute approximate surface area is 187 Å². The fourth-order valence-electron chi connectivity index (χ4n) is 3.21. The minimum absolute atomic E-state index is 0.261. The van der Waals surface area contributed by atoms with Crippen LogP contribution in [0.15, 0.2) is 48.5 Å². The Kier molecular flexibility index (Phi) is 11.9. The van der Waals surface area contributed by atoms with E-state index in [1.165, 1.54) is 19.3 Å². The van der Waals surface area contributed by atoms with Gasteiger partial charge in [-0.3, -0.25) is 0 Å². The number of nitriles is 1. The molecule has 166 valence electrons. The second-order valence-electron chi connectivity index (χ2n) is 7.66. The molecule has 4 heteroatoms. The van der Waals surface area contributed by atoms with Crippen molar-refractivity contribution in [3.05, 3.63) is 59.7 Å². The second kappa shape index (κ2) is 15.1. The van der Waals surface area contributed by atoms with E-state index in [2.05, 4.69) is 13.0 Å². The first-order chi connectivity index (χ1) is 15.3. The van der Waals surface area contributed by atoms with Crippen molar-refractivity contribution in [3.63, 3.8) is 0 Å². The van der Waals surface area contributed by atoms with Crippen molar-refractivity contribution in [2.24, 2.45) is 0 Å². The lowest BCUT2D eigenvalue weighted by Gasteiger charge is -2.08. The minimum Gasteiger partial charge on any atom is -0.494 e. The molecule has 0 radical (unpaired) electrons. The second-order valence-corrected chi connectivity index (χ2v) is 7.66. The standard InChI is InChI=1S/C27H35NO3/c1-2-3-4-8-19-31-27-16-12-24(13-17-27)25(22-28)21-23-10-14-26(15-11-23)30-20-9-6-5-7-18-29/h10-17,21,29H,2-9,18-20H2,1H3. The molecule has 4 nitrogen and oxygen atoms in total. The summed E-state index contributed by atoms with van der Waals surface area (Å²) in [5.41, 5.74) is 2.46. The van der Waals surface area contributed by atoms with Crippen molar-refractivity contribution in [1.82, 2.24) is 0 Å². The van der Waals surface area contributed by atoms with Gasteiger partial charge in [0.15, 0.2) is 0 Å². The van der Waals surface area contributed by atoms with Crippen LogP contribution in [-0.2, 0) is 0 Å². The maximum absolute atomic E-state index is 9.60. The smallest absolute Gasteiger partial charge is 0.119 e. The van der Waals surface area contributed by atoms with Crippen molar-refractivity contribution >= 4 is 11.6 Å². The van der Waals surface area contributed by atoms with Gasteiger partial charge in [-0.25, -0.2) is 0 Å². The van der Waals surface area contributed by atoms with Gasteiger partial charge in [0, 0.05) is 6.61 Å². The van der Waals surface area contributed by atoms with E-state index in [-0.39, 0.29) is 6.61 Å². The van der Waals surface area contributed by atoms with Crippen molar-refractivity contribution in [2.75, 3.05) is 19.8 Å². The van der Waals surface area contributed by atoms with Crippen molar-refractivity contribution in [2.45, 2.75) is 58.3 Å². The normalized spacial score (nSPS) is 11.2. The van der Waals surface area contributed by atoms with Gasteiger partial charge in [-0.2, -0.15) is 5.26 Å². The van der Waals surface area contributed by atoms with Crippen molar-refractivity contribution in [1.29, 1.82) is 5.26 Å². The lowest BCUT2D eigenvalue weighted by atomic mass is 10.0. The van der Waals surface area contributed by atoms with E-state index in [0.717, 1.165) is 61.3 Å². The summed E-state index contributed by atoms with van der Waals surface area (Å²) in [6.45, 7) is 3.87. The molecule has 2 aromatic rings. The Morgan fingerprint density at radius 2 is 1.35 bits per heavy atom. The number of rotatable bonds is 15. The highest BCUT2D eigenvalue weighted by atomic mass is 16.5. The quantitative estimate of drug-likeness (QED) is 0.199. The van der Waals surface area contributed by atoms with Crippen LogP contribution < -0.4 is 9.47 Å². The van der Waals surface area contributed by atoms with Crippen molar-refractivity contribution < 1.29 is 14.6 Å². The fraction of sp³-hybridized carbons (Fsp3) is 0.444. The van der Waals surface area contributed by atoms with Gasteiger partial charge >= 0.3 is 0 Å². The topological polar surface area (TPSA) is 62.5 Å². The fourth-order valence-corrected chi connectivity index (χ4v) is 3.21. The monoisotopic (exact) mass is 421 g/mol. The molecule has 0 saturated carbocycles. The number of nitrogens with zero attached hydrogens (tertiary/aromatic N) is 1. The highest BCUT2D eigenvalue weighted by Gasteiger charge is 2.03. The van der Waals surface area contributed by atoms with E-state index >= 15 is 0 Å². The molecule has 0 fully saturated rings. The average Bonchev–Trinajstić information content (AvgIpc) is 2.81. The molecule has 2 rings (SSSR count). The minimum atomic E-state index is 0.261. The Morgan fingerprint density at radius 3 is 1.90 bits per heavy atom. The highest BCUT2D eigenvalue weighted by molar-refractivity contribution is 5.89. The summed E-state index contributed by atoms with van der Waals surface area (Å²) in [6, 6.07) is 17.8. The average molecular weight is 422 g/mol. The van der Waals surface area contributed by atoms with Gasteiger partial charge in [0.05, 0.1) is 24.9 Å². The molecule has 0 bridgehead atoms. The number of unbranched alkanes of at least 4 members (excludes halogenated alkanes) is 6. The molecular weight excluding hydrogens is 386 g/mol. The third-order valence-electron chi connectivity index (χ3n) is 5.06. The zero-order valence-corrected chi connectivity index (χ0v) is 18.7. The van der Waals surface area contributed by atoms with Crippen LogP contribution in [0.25, 0.3) is 11.6 Å². The van der Waals surface area contributed by atoms with Crippen LogP contribution in [0.3, 0.4) is 0 Å². The van der Waals surface area contributed by atoms with E-state index in [4.69, 9.17) is 14.6 Å². The number of hydrogen-bond donors (Lipinski definition) is 1. The third kappa shape index (κ3) is 9.72. The number of hydrogen-bond acceptors (Lipinski definition) is 4. The van der Waals surface area contributed by atoms with Crippen LogP contribution >= 0.6 is 0 Å². The van der Waals surface area contributed by atoms with Gasteiger partial charge < -0.3 is 14.6 Å². The molecule has 2 aromatic carbocycles. The molecule has 0 amide bonds. The number of ether oxygens (including phenoxy) is 2. The summed E-state index contributed by atoms with van der Waals surface area (Å²) in [5.74, 6) is 1.67. The van der Waals surface area contributed by atoms with E-state index in [9.17, 15) is 5.26 Å². The van der Waals surface area contributed by atoms with Crippen LogP contribution in [0.5, 0.6) is 11.5 Å². The molecule has 0 atom stereocenters. The Balaban J connectivity index is 1.86. The number of benzene rings is 2. The molecule has 0 aliphatic rings. The summed E-state index contributed by atoms with van der Waals surface area (Å²) < 4.78 is 11.5. The summed E-state index contributed by atoms with van der Waals surface area (Å²) in [5, 5.41) is 18.4. The first-order valence-electron chi connectivity index (χ1n) is 11.5. The van der Waals surface area contributed by atoms with E-state index < -0.39 is 0 Å². The van der Waals surface area contributed by atoms with Gasteiger partial charge in [-0.05, 0) is 79.3 Å². The molecule has 0 saturated heterocycles. The van der Waals surface area contributed by atoms with E-state index in [1.54, 1.807) is 0 Å². The maximum atomic E-state index is 9.60. The number of allylic oxidation sites excluding steroid dienone is 1. The maximum Gasteiger partial charge on any atom is 0.119 e. The molecule has 0 spiro atoms. The molecule has 0 unspecified atom stereocenters. The Hall–Kier alpha value is -2.77. The molecule has 0 heterocycles. The van der Waals surface area contributed by atoms with Crippen LogP contribution in [0.2, 0.25) is 0 Å². The molecule has 0 aliphatic heterocycles. The Bertz CT molecular complexity index is 804. The van der Waals surface area contributed by atoms with Crippen molar-refractivity contribution in [3.8, 4) is 17.6 Å². The Morgan fingerprint density at radius 1 is 0.806 bits per heavy atom. The zero-order chi connectivity index (χ0) is 22.2. The van der Waals surface area contributed by atoms with Gasteiger partial charge in [0.25, 0.3) is 0 Å². The SMILES string of the molecule is CCCCCCOc1ccc(C(C#N)=Cc2ccc(OCCCCCCO)cc2)cc1. The molecule has 31 heavy (non-hydrogen) atoms. The number of aliphatic hydroxyl groups is 1. The predicted octanol–water partition coefficient (Wildman–Crippen LogP) is 6.64. The van der Waals surface area contributed by atoms with Gasteiger partial charge in [-0.15, -0.1) is 0 Å². The van der Waals surface area contributed by atoms with Gasteiger partial charge in [0.2, 0.25) is 0 Å². The summed E-state index contributed by atoms with van der Waals surface area (Å²) in [4.78, 5) is 0. The predicted molar refractivity (Wildman–Crippen MR) is 127 cm³/mol. The van der Waals surface area contributed by atoms with Gasteiger partial charge in [-0.1, -0.05) is 44.7 Å². The lowest BCUT2D eigenvalue weighted by Crippen LogP contribution is -1.97. The molecular formula is C27H35NO3. The van der Waals surface area contributed by atoms with Crippen LogP contribution in [0, 0.1) is 11.3 Å². The summed E-state index contributed by atoms with van der Waals surface area (Å²) in [6.07, 6.45) is 10.6. The molecule has 0 aliphatic carbocycles. The van der Waals surface area contributed by atoms with E-state index in [1.807, 2.05) is 54.6 Å². The zero-order valence-electron chi connectivity index (χ0n) is 18.7. The molecule has 0 aromatic heterocycles. The summed E-state index contributed by atoms with van der Waals surface area (Å²) >= 11 is 0. The molecule has 1 N–H and O–H groups in total. The van der Waals surface area contributed by atoms with Crippen LogP contribution in [-0.4, -0.2) is 24.9 Å². The summed E-state index contributed by atoms with van der Waals surface area (Å²) in [7, 11) is 0. The highest BCUT2D eigenvalue weighted by Crippen LogP contribution is 2.22. The largest absolute Gasteiger partial charge is 0.494 e. The third-order valence-corrected chi connectivity index (χ3v) is 5.06. The first-order valence-corrected chi connectivity index (χ1v) is 11.5. The first kappa shape index (κ1) is 24.5. The lowest BCUT2D eigenvalue weighted by molar-refractivity contribution is 0.273. The van der Waals surface area contributed by atoms with E-state index in [0.29, 0.717) is 12.2 Å². The number of aliphatic hydroxyl groups excluding tert-OH is 1. The van der Waals surface area contributed by atoms with Crippen LogP contribution in [0.4, 0.5) is 0 Å². The van der Waals surface area contributed by atoms with Gasteiger partial charge in [0.1, 0.15) is 11.5 Å². The van der Waals surface area contributed by atoms with Crippen LogP contribution in [0.1, 0.15) is 69.4 Å².